The molecule has 0 unspecified atom stereocenters. The average Bonchev–Trinajstić information content (AvgIpc) is 2.76. The fourth-order valence-electron chi connectivity index (χ4n) is 5.28. The van der Waals surface area contributed by atoms with Gasteiger partial charge in [0.05, 0.1) is 5.69 Å². The molecule has 5 aromatic rings. The molecule has 1 nitrogen and oxygen atoms in total. The number of anilines is 2. The Labute approximate surface area is 177 Å². The summed E-state index contributed by atoms with van der Waals surface area (Å²) in [5.41, 5.74) is 9.38. The van der Waals surface area contributed by atoms with Gasteiger partial charge in [0.2, 0.25) is 0 Å². The second kappa shape index (κ2) is 5.49. The van der Waals surface area contributed by atoms with Crippen LogP contribution in [0.3, 0.4) is 0 Å². The van der Waals surface area contributed by atoms with Gasteiger partial charge in [-0.15, -0.1) is 0 Å². The van der Waals surface area contributed by atoms with E-state index in [9.17, 15) is 0 Å². The SMILES string of the molecule is Brc1cc2c3c(c1)-c1cccc4cccc(c14)N3Cc1ccc3ccccc3c1-2. The van der Waals surface area contributed by atoms with Gasteiger partial charge in [0.25, 0.3) is 0 Å². The van der Waals surface area contributed by atoms with Crippen LogP contribution >= 0.6 is 15.9 Å². The van der Waals surface area contributed by atoms with Crippen molar-refractivity contribution in [3.05, 3.63) is 95.0 Å². The molecule has 0 aromatic heterocycles. The first-order chi connectivity index (χ1) is 14.3. The van der Waals surface area contributed by atoms with Gasteiger partial charge in [0.15, 0.2) is 0 Å². The lowest BCUT2D eigenvalue weighted by atomic mass is 9.82. The first-order valence-electron chi connectivity index (χ1n) is 9.94. The van der Waals surface area contributed by atoms with Crippen LogP contribution in [0.2, 0.25) is 0 Å². The molecule has 0 atom stereocenters. The maximum Gasteiger partial charge on any atom is 0.0574 e. The molecular formula is C27H16BrN. The normalized spacial score (nSPS) is 13.5. The molecule has 0 saturated carbocycles. The van der Waals surface area contributed by atoms with Crippen molar-refractivity contribution in [3.63, 3.8) is 0 Å². The number of hydrogen-bond donors (Lipinski definition) is 0. The lowest BCUT2D eigenvalue weighted by Crippen LogP contribution is -2.24. The molecule has 29 heavy (non-hydrogen) atoms. The molecule has 2 aliphatic heterocycles. The molecule has 0 saturated heterocycles. The second-order valence-electron chi connectivity index (χ2n) is 7.94. The smallest absolute Gasteiger partial charge is 0.0574 e. The minimum atomic E-state index is 0.898. The quantitative estimate of drug-likeness (QED) is 0.238. The molecule has 0 bridgehead atoms. The van der Waals surface area contributed by atoms with Crippen molar-refractivity contribution in [2.45, 2.75) is 6.54 Å². The third-order valence-corrected chi connectivity index (χ3v) is 6.88. The number of hydrogen-bond acceptors (Lipinski definition) is 1. The summed E-state index contributed by atoms with van der Waals surface area (Å²) < 4.78 is 1.13. The summed E-state index contributed by atoms with van der Waals surface area (Å²) in [4.78, 5) is 2.52. The van der Waals surface area contributed by atoms with Crippen molar-refractivity contribution < 1.29 is 0 Å². The minimum absolute atomic E-state index is 0.898. The standard InChI is InChI=1S/C27H16BrN/c28-19-13-22-21-9-3-6-17-7-4-10-24(26(17)21)29-15-18-12-11-16-5-1-2-8-20(16)25(18)23(14-19)27(22)29/h1-14H,15H2. The molecule has 2 aliphatic rings. The summed E-state index contributed by atoms with van der Waals surface area (Å²) in [6, 6.07) is 31.2. The van der Waals surface area contributed by atoms with E-state index in [1.165, 1.54) is 60.7 Å². The lowest BCUT2D eigenvalue weighted by Gasteiger charge is -2.39. The monoisotopic (exact) mass is 433 g/mol. The highest BCUT2D eigenvalue weighted by molar-refractivity contribution is 9.10. The third kappa shape index (κ3) is 2.00. The van der Waals surface area contributed by atoms with Gasteiger partial charge in [-0.1, -0.05) is 82.7 Å². The van der Waals surface area contributed by atoms with E-state index in [4.69, 9.17) is 0 Å². The summed E-state index contributed by atoms with van der Waals surface area (Å²) in [6.07, 6.45) is 0. The van der Waals surface area contributed by atoms with Crippen molar-refractivity contribution in [2.24, 2.45) is 0 Å². The van der Waals surface area contributed by atoms with Crippen molar-refractivity contribution in [3.8, 4) is 22.3 Å². The zero-order valence-corrected chi connectivity index (χ0v) is 17.2. The molecule has 7 rings (SSSR count). The average molecular weight is 434 g/mol. The number of nitrogens with zero attached hydrogens (tertiary/aromatic N) is 1. The fourth-order valence-corrected chi connectivity index (χ4v) is 5.74. The Kier molecular flexibility index (Phi) is 2.99. The fraction of sp³-hybridized carbons (Fsp3) is 0.0370. The predicted octanol–water partition coefficient (Wildman–Crippen LogP) is 8.05. The molecule has 0 spiro atoms. The Morgan fingerprint density at radius 3 is 2.41 bits per heavy atom. The first kappa shape index (κ1) is 15.8. The molecule has 0 N–H and O–H groups in total. The van der Waals surface area contributed by atoms with Crippen LogP contribution < -0.4 is 4.90 Å². The zero-order chi connectivity index (χ0) is 19.1. The van der Waals surface area contributed by atoms with Crippen LogP contribution in [0.1, 0.15) is 5.56 Å². The topological polar surface area (TPSA) is 3.24 Å². The molecule has 2 heterocycles. The summed E-state index contributed by atoms with van der Waals surface area (Å²) in [5, 5.41) is 5.29. The molecule has 2 heteroatoms. The maximum atomic E-state index is 3.81. The summed E-state index contributed by atoms with van der Waals surface area (Å²) in [7, 11) is 0. The predicted molar refractivity (Wildman–Crippen MR) is 126 cm³/mol. The highest BCUT2D eigenvalue weighted by Gasteiger charge is 2.32. The summed E-state index contributed by atoms with van der Waals surface area (Å²) >= 11 is 3.81. The zero-order valence-electron chi connectivity index (χ0n) is 15.6. The maximum absolute atomic E-state index is 3.81. The Balaban J connectivity index is 1.68. The van der Waals surface area contributed by atoms with Crippen LogP contribution in [0.5, 0.6) is 0 Å². The van der Waals surface area contributed by atoms with E-state index in [0.29, 0.717) is 0 Å². The Morgan fingerprint density at radius 1 is 0.690 bits per heavy atom. The van der Waals surface area contributed by atoms with E-state index < -0.39 is 0 Å². The Morgan fingerprint density at radius 2 is 1.48 bits per heavy atom. The van der Waals surface area contributed by atoms with E-state index in [-0.39, 0.29) is 0 Å². The molecule has 0 aliphatic carbocycles. The molecular weight excluding hydrogens is 418 g/mol. The Bertz CT molecular complexity index is 1490. The second-order valence-corrected chi connectivity index (χ2v) is 8.85. The van der Waals surface area contributed by atoms with Gasteiger partial charge in [-0.2, -0.15) is 0 Å². The minimum Gasteiger partial charge on any atom is -0.335 e. The molecule has 0 radical (unpaired) electrons. The summed E-state index contributed by atoms with van der Waals surface area (Å²) in [6.45, 7) is 0.898. The molecule has 5 aromatic carbocycles. The lowest BCUT2D eigenvalue weighted by molar-refractivity contribution is 0.966. The van der Waals surface area contributed by atoms with Crippen LogP contribution in [0.25, 0.3) is 43.8 Å². The van der Waals surface area contributed by atoms with Crippen molar-refractivity contribution in [2.75, 3.05) is 4.90 Å². The third-order valence-electron chi connectivity index (χ3n) is 6.42. The number of halogens is 1. The number of fused-ring (bicyclic) bond motifs is 6. The van der Waals surface area contributed by atoms with Crippen LogP contribution in [0, 0.1) is 0 Å². The number of benzene rings is 5. The molecule has 0 fully saturated rings. The van der Waals surface area contributed by atoms with Crippen LogP contribution in [-0.4, -0.2) is 0 Å². The number of rotatable bonds is 0. The Hall–Kier alpha value is -3.10. The first-order valence-corrected chi connectivity index (χ1v) is 10.7. The molecule has 0 amide bonds. The largest absolute Gasteiger partial charge is 0.335 e. The van der Waals surface area contributed by atoms with E-state index in [0.717, 1.165) is 11.0 Å². The van der Waals surface area contributed by atoms with Crippen LogP contribution in [-0.2, 0) is 6.54 Å². The van der Waals surface area contributed by atoms with Crippen molar-refractivity contribution >= 4 is 48.8 Å². The molecule has 136 valence electrons. The summed E-state index contributed by atoms with van der Waals surface area (Å²) in [5.74, 6) is 0. The highest BCUT2D eigenvalue weighted by Crippen LogP contribution is 2.56. The van der Waals surface area contributed by atoms with Gasteiger partial charge in [-0.3, -0.25) is 0 Å². The van der Waals surface area contributed by atoms with Gasteiger partial charge in [0.1, 0.15) is 0 Å². The van der Waals surface area contributed by atoms with Gasteiger partial charge < -0.3 is 4.90 Å². The van der Waals surface area contributed by atoms with Crippen molar-refractivity contribution in [1.29, 1.82) is 0 Å². The van der Waals surface area contributed by atoms with Gasteiger partial charge in [-0.25, -0.2) is 0 Å². The van der Waals surface area contributed by atoms with Crippen LogP contribution in [0.4, 0.5) is 11.4 Å². The highest BCUT2D eigenvalue weighted by atomic mass is 79.9. The van der Waals surface area contributed by atoms with Gasteiger partial charge in [0, 0.05) is 33.2 Å². The van der Waals surface area contributed by atoms with E-state index in [1.807, 2.05) is 0 Å². The van der Waals surface area contributed by atoms with E-state index in [1.54, 1.807) is 0 Å². The van der Waals surface area contributed by atoms with E-state index in [2.05, 4.69) is 106 Å². The van der Waals surface area contributed by atoms with Crippen LogP contribution in [0.15, 0.2) is 89.4 Å². The van der Waals surface area contributed by atoms with Gasteiger partial charge in [-0.05, 0) is 51.0 Å². The van der Waals surface area contributed by atoms with Crippen molar-refractivity contribution in [1.82, 2.24) is 0 Å². The van der Waals surface area contributed by atoms with Gasteiger partial charge >= 0.3 is 0 Å². The van der Waals surface area contributed by atoms with E-state index >= 15 is 0 Å².